The summed E-state index contributed by atoms with van der Waals surface area (Å²) >= 11 is 5.81. The van der Waals surface area contributed by atoms with Crippen molar-refractivity contribution in [1.29, 1.82) is 0 Å². The van der Waals surface area contributed by atoms with Crippen molar-refractivity contribution in [2.75, 3.05) is 0 Å². The largest absolute Gasteiger partial charge is 0.271 e. The number of nitrogens with one attached hydrogen (secondary N) is 1. The highest BCUT2D eigenvalue weighted by Crippen LogP contribution is 2.24. The zero-order valence-corrected chi connectivity index (χ0v) is 11.4. The van der Waals surface area contributed by atoms with Crippen molar-refractivity contribution in [2.24, 2.45) is 5.84 Å². The van der Waals surface area contributed by atoms with Crippen molar-refractivity contribution in [3.63, 3.8) is 0 Å². The maximum absolute atomic E-state index is 13.2. The molecule has 100 valence electrons. The molecule has 0 saturated heterocycles. The van der Waals surface area contributed by atoms with Crippen molar-refractivity contribution in [1.82, 2.24) is 5.43 Å². The third kappa shape index (κ3) is 3.32. The lowest BCUT2D eigenvalue weighted by molar-refractivity contribution is 0.548. The Morgan fingerprint density at radius 3 is 2.63 bits per heavy atom. The second-order valence-corrected chi connectivity index (χ2v) is 4.93. The lowest BCUT2D eigenvalue weighted by Gasteiger charge is -2.18. The molecule has 0 aromatic heterocycles. The van der Waals surface area contributed by atoms with Gasteiger partial charge in [-0.2, -0.15) is 0 Å². The third-order valence-electron chi connectivity index (χ3n) is 3.23. The highest BCUT2D eigenvalue weighted by Gasteiger charge is 2.13. The second-order valence-electron chi connectivity index (χ2n) is 4.52. The van der Waals surface area contributed by atoms with Gasteiger partial charge in [-0.05, 0) is 42.2 Å². The summed E-state index contributed by atoms with van der Waals surface area (Å²) in [6.45, 7) is 2.06. The molecule has 0 fully saturated rings. The van der Waals surface area contributed by atoms with E-state index >= 15 is 0 Å². The molecule has 2 nitrogen and oxygen atoms in total. The number of benzene rings is 2. The molecule has 2 aromatic rings. The molecule has 0 radical (unpaired) electrons. The molecule has 0 bridgehead atoms. The van der Waals surface area contributed by atoms with Crippen molar-refractivity contribution in [3.8, 4) is 0 Å². The molecule has 19 heavy (non-hydrogen) atoms. The minimum Gasteiger partial charge on any atom is -0.271 e. The maximum Gasteiger partial charge on any atom is 0.141 e. The van der Waals surface area contributed by atoms with Crippen molar-refractivity contribution in [3.05, 3.63) is 70.0 Å². The average Bonchev–Trinajstić information content (AvgIpc) is 2.41. The summed E-state index contributed by atoms with van der Waals surface area (Å²) in [4.78, 5) is 0. The van der Waals surface area contributed by atoms with Crippen LogP contribution in [0.2, 0.25) is 5.02 Å². The predicted molar refractivity (Wildman–Crippen MR) is 76.4 cm³/mol. The highest BCUT2D eigenvalue weighted by atomic mass is 35.5. The Balaban J connectivity index is 2.25. The molecule has 0 aliphatic rings. The van der Waals surface area contributed by atoms with Gasteiger partial charge in [0.05, 0.1) is 11.1 Å². The van der Waals surface area contributed by atoms with E-state index in [0.717, 1.165) is 12.0 Å². The van der Waals surface area contributed by atoms with Crippen LogP contribution in [0.25, 0.3) is 0 Å². The molecule has 0 heterocycles. The smallest absolute Gasteiger partial charge is 0.141 e. The zero-order chi connectivity index (χ0) is 13.8. The summed E-state index contributed by atoms with van der Waals surface area (Å²) in [5, 5.41) is 0.113. The lowest BCUT2D eigenvalue weighted by atomic mass is 9.96. The van der Waals surface area contributed by atoms with Gasteiger partial charge in [0, 0.05) is 0 Å². The number of hydrogen-bond donors (Lipinski definition) is 2. The Morgan fingerprint density at radius 1 is 1.26 bits per heavy atom. The minimum absolute atomic E-state index is 0.0980. The fraction of sp³-hybridized carbons (Fsp3) is 0.200. The fourth-order valence-corrected chi connectivity index (χ4v) is 2.25. The maximum atomic E-state index is 13.2. The lowest BCUT2D eigenvalue weighted by Crippen LogP contribution is -2.29. The Bertz CT molecular complexity index is 572. The molecule has 0 spiro atoms. The summed E-state index contributed by atoms with van der Waals surface area (Å²) in [7, 11) is 0. The van der Waals surface area contributed by atoms with Gasteiger partial charge in [0.1, 0.15) is 5.82 Å². The van der Waals surface area contributed by atoms with Crippen LogP contribution in [0.4, 0.5) is 4.39 Å². The van der Waals surface area contributed by atoms with Crippen LogP contribution in [0.1, 0.15) is 22.7 Å². The Labute approximate surface area is 117 Å². The van der Waals surface area contributed by atoms with E-state index in [4.69, 9.17) is 17.4 Å². The minimum atomic E-state index is -0.419. The van der Waals surface area contributed by atoms with Crippen LogP contribution in [0, 0.1) is 12.7 Å². The zero-order valence-electron chi connectivity index (χ0n) is 10.7. The van der Waals surface area contributed by atoms with Gasteiger partial charge in [-0.1, -0.05) is 41.9 Å². The van der Waals surface area contributed by atoms with Crippen LogP contribution >= 0.6 is 11.6 Å². The number of hydrogen-bond acceptors (Lipinski definition) is 2. The van der Waals surface area contributed by atoms with Crippen LogP contribution in [0.5, 0.6) is 0 Å². The van der Waals surface area contributed by atoms with Gasteiger partial charge < -0.3 is 0 Å². The second kappa shape index (κ2) is 6.15. The molecule has 1 atom stereocenters. The SMILES string of the molecule is Cc1ccccc1CC(NN)c1ccc(F)c(Cl)c1. The first-order valence-corrected chi connectivity index (χ1v) is 6.45. The molecule has 0 aliphatic heterocycles. The van der Waals surface area contributed by atoms with E-state index in [-0.39, 0.29) is 11.1 Å². The number of rotatable bonds is 4. The average molecular weight is 279 g/mol. The van der Waals surface area contributed by atoms with Crippen molar-refractivity contribution < 1.29 is 4.39 Å². The van der Waals surface area contributed by atoms with Crippen LogP contribution < -0.4 is 11.3 Å². The van der Waals surface area contributed by atoms with Crippen LogP contribution in [-0.2, 0) is 6.42 Å². The molecule has 1 unspecified atom stereocenters. The number of aryl methyl sites for hydroxylation is 1. The monoisotopic (exact) mass is 278 g/mol. The van der Waals surface area contributed by atoms with Gasteiger partial charge in [0.15, 0.2) is 0 Å². The molecule has 2 aromatic carbocycles. The molecule has 4 heteroatoms. The first kappa shape index (κ1) is 14.0. The molecule has 0 amide bonds. The van der Waals surface area contributed by atoms with Crippen molar-refractivity contribution in [2.45, 2.75) is 19.4 Å². The first-order chi connectivity index (χ1) is 9.11. The summed E-state index contributed by atoms with van der Waals surface area (Å²) in [5.74, 6) is 5.18. The van der Waals surface area contributed by atoms with Gasteiger partial charge in [0.25, 0.3) is 0 Å². The molecular weight excluding hydrogens is 263 g/mol. The predicted octanol–water partition coefficient (Wildman–Crippen LogP) is 3.53. The molecule has 3 N–H and O–H groups in total. The third-order valence-corrected chi connectivity index (χ3v) is 3.52. The summed E-state index contributed by atoms with van der Waals surface area (Å²) in [6, 6.07) is 12.7. The number of hydrazine groups is 1. The highest BCUT2D eigenvalue weighted by molar-refractivity contribution is 6.30. The Morgan fingerprint density at radius 2 is 2.00 bits per heavy atom. The molecular formula is C15H16ClFN2. The molecule has 0 aliphatic carbocycles. The van der Waals surface area contributed by atoms with Gasteiger partial charge in [-0.25, -0.2) is 4.39 Å². The Kier molecular flexibility index (Phi) is 4.53. The summed E-state index contributed by atoms with van der Waals surface area (Å²) in [6.07, 6.45) is 0.727. The van der Waals surface area contributed by atoms with Gasteiger partial charge in [-0.15, -0.1) is 0 Å². The van der Waals surface area contributed by atoms with Gasteiger partial charge in [-0.3, -0.25) is 11.3 Å². The van der Waals surface area contributed by atoms with Crippen molar-refractivity contribution >= 4 is 11.6 Å². The van der Waals surface area contributed by atoms with E-state index in [1.54, 1.807) is 12.1 Å². The van der Waals surface area contributed by atoms with Crippen LogP contribution in [0.15, 0.2) is 42.5 Å². The van der Waals surface area contributed by atoms with E-state index in [2.05, 4.69) is 24.5 Å². The van der Waals surface area contributed by atoms with E-state index in [1.807, 2.05) is 12.1 Å². The standard InChI is InChI=1S/C15H16ClFN2/c1-10-4-2-3-5-11(10)9-15(19-18)12-6-7-14(17)13(16)8-12/h2-8,15,19H,9,18H2,1H3. The van der Waals surface area contributed by atoms with E-state index in [0.29, 0.717) is 0 Å². The topological polar surface area (TPSA) is 38.0 Å². The van der Waals surface area contributed by atoms with Gasteiger partial charge >= 0.3 is 0 Å². The Hall–Kier alpha value is -1.42. The number of nitrogens with two attached hydrogens (primary N) is 1. The summed E-state index contributed by atoms with van der Waals surface area (Å²) in [5.41, 5.74) is 6.04. The van der Waals surface area contributed by atoms with E-state index < -0.39 is 5.82 Å². The fourth-order valence-electron chi connectivity index (χ4n) is 2.06. The van der Waals surface area contributed by atoms with Crippen LogP contribution in [-0.4, -0.2) is 0 Å². The normalized spacial score (nSPS) is 12.4. The summed E-state index contributed by atoms with van der Waals surface area (Å²) < 4.78 is 13.2. The van der Waals surface area contributed by atoms with Gasteiger partial charge in [0.2, 0.25) is 0 Å². The molecule has 0 saturated carbocycles. The quantitative estimate of drug-likeness (QED) is 0.663. The molecule has 2 rings (SSSR count). The van der Waals surface area contributed by atoms with E-state index in [9.17, 15) is 4.39 Å². The van der Waals surface area contributed by atoms with E-state index in [1.165, 1.54) is 17.2 Å². The van der Waals surface area contributed by atoms with Crippen LogP contribution in [0.3, 0.4) is 0 Å². The first-order valence-electron chi connectivity index (χ1n) is 6.07. The number of halogens is 2.